The lowest BCUT2D eigenvalue weighted by atomic mass is 9.80. The van der Waals surface area contributed by atoms with Crippen LogP contribution in [0.15, 0.2) is 24.3 Å². The maximum absolute atomic E-state index is 14.8. The monoisotopic (exact) mass is 513 g/mol. The van der Waals surface area contributed by atoms with Crippen molar-refractivity contribution in [2.75, 3.05) is 33.8 Å². The lowest BCUT2D eigenvalue weighted by molar-refractivity contribution is -0.153. The second-order valence-corrected chi connectivity index (χ2v) is 12.4. The highest BCUT2D eigenvalue weighted by Crippen LogP contribution is 2.39. The lowest BCUT2D eigenvalue weighted by Gasteiger charge is -2.43. The first kappa shape index (κ1) is 26.4. The van der Waals surface area contributed by atoms with E-state index in [2.05, 4.69) is 4.72 Å². The molecule has 0 unspecified atom stereocenters. The van der Waals surface area contributed by atoms with Gasteiger partial charge in [-0.3, -0.25) is 4.79 Å². The number of carbonyl (C=O) groups excluding carboxylic acids is 1. The van der Waals surface area contributed by atoms with Crippen LogP contribution in [0.2, 0.25) is 0 Å². The van der Waals surface area contributed by atoms with Crippen molar-refractivity contribution in [3.63, 3.8) is 0 Å². The van der Waals surface area contributed by atoms with Gasteiger partial charge in [0, 0.05) is 39.1 Å². The third kappa shape index (κ3) is 6.21. The lowest BCUT2D eigenvalue weighted by Crippen LogP contribution is -2.59. The average molecular weight is 514 g/mol. The summed E-state index contributed by atoms with van der Waals surface area (Å²) in [5.41, 5.74) is -0.754. The van der Waals surface area contributed by atoms with Gasteiger partial charge in [-0.2, -0.15) is 17.4 Å². The first-order chi connectivity index (χ1) is 16.6. The van der Waals surface area contributed by atoms with Crippen molar-refractivity contribution in [3.05, 3.63) is 35.6 Å². The number of hydrogen-bond acceptors (Lipinski definition) is 4. The van der Waals surface area contributed by atoms with Gasteiger partial charge in [0.15, 0.2) is 5.67 Å². The Bertz CT molecular complexity index is 994. The number of piperidine rings is 1. The highest BCUT2D eigenvalue weighted by Gasteiger charge is 2.48. The molecule has 7 nitrogen and oxygen atoms in total. The molecule has 1 saturated heterocycles. The Morgan fingerprint density at radius 2 is 1.91 bits per heavy atom. The van der Waals surface area contributed by atoms with Crippen LogP contribution in [0.4, 0.5) is 8.78 Å². The minimum Gasteiger partial charge on any atom is -0.378 e. The molecule has 10 heteroatoms. The van der Waals surface area contributed by atoms with Crippen molar-refractivity contribution in [1.82, 2.24) is 13.9 Å². The molecule has 35 heavy (non-hydrogen) atoms. The van der Waals surface area contributed by atoms with E-state index in [1.54, 1.807) is 17.0 Å². The van der Waals surface area contributed by atoms with Gasteiger partial charge in [-0.25, -0.2) is 8.78 Å². The molecular weight excluding hydrogens is 476 g/mol. The summed E-state index contributed by atoms with van der Waals surface area (Å²) in [7, 11) is -0.725. The van der Waals surface area contributed by atoms with E-state index in [1.165, 1.54) is 20.2 Å². The molecule has 2 saturated carbocycles. The number of alkyl halides is 1. The van der Waals surface area contributed by atoms with Crippen molar-refractivity contribution in [2.45, 2.75) is 75.1 Å². The molecule has 2 aliphatic carbocycles. The maximum atomic E-state index is 14.8. The first-order valence-electron chi connectivity index (χ1n) is 12.6. The zero-order valence-corrected chi connectivity index (χ0v) is 21.4. The Kier molecular flexibility index (Phi) is 8.15. The second kappa shape index (κ2) is 10.8. The zero-order valence-electron chi connectivity index (χ0n) is 20.6. The number of carbonyl (C=O) groups is 1. The molecule has 1 aromatic rings. The summed E-state index contributed by atoms with van der Waals surface area (Å²) in [6, 6.07) is 6.35. The fraction of sp³-hybridized carbons (Fsp3) is 0.720. The number of hydrogen-bond donors (Lipinski definition) is 1. The molecule has 2 atom stereocenters. The summed E-state index contributed by atoms with van der Waals surface area (Å²) in [5, 5.41) is 0. The van der Waals surface area contributed by atoms with E-state index in [1.807, 2.05) is 6.07 Å². The van der Waals surface area contributed by atoms with Gasteiger partial charge in [-0.15, -0.1) is 0 Å². The predicted octanol–water partition coefficient (Wildman–Crippen LogP) is 3.37. The fourth-order valence-corrected chi connectivity index (χ4v) is 6.31. The molecular formula is C25H37F2N3O4S. The van der Waals surface area contributed by atoms with Crippen LogP contribution >= 0.6 is 0 Å². The van der Waals surface area contributed by atoms with Crippen LogP contribution in [0.1, 0.15) is 62.8 Å². The van der Waals surface area contributed by atoms with Crippen molar-refractivity contribution in [3.8, 4) is 0 Å². The number of halogens is 2. The van der Waals surface area contributed by atoms with Crippen molar-refractivity contribution >= 4 is 16.1 Å². The van der Waals surface area contributed by atoms with Gasteiger partial charge in [0.05, 0.1) is 12.7 Å². The molecule has 0 radical (unpaired) electrons. The van der Waals surface area contributed by atoms with Crippen LogP contribution in [0.25, 0.3) is 0 Å². The van der Waals surface area contributed by atoms with E-state index in [-0.39, 0.29) is 37.2 Å². The van der Waals surface area contributed by atoms with Crippen molar-refractivity contribution < 1.29 is 26.7 Å². The molecule has 1 N–H and O–H groups in total. The number of amides is 1. The molecule has 1 heterocycles. The quantitative estimate of drug-likeness (QED) is 0.578. The molecule has 3 aliphatic rings. The first-order valence-corrected chi connectivity index (χ1v) is 14.1. The van der Waals surface area contributed by atoms with Crippen molar-refractivity contribution in [1.29, 1.82) is 0 Å². The normalized spacial score (nSPS) is 29.1. The largest absolute Gasteiger partial charge is 0.378 e. The summed E-state index contributed by atoms with van der Waals surface area (Å²) in [6.07, 6.45) is 5.12. The van der Waals surface area contributed by atoms with Gasteiger partial charge >= 0.3 is 0 Å². The Labute approximate surface area is 207 Å². The van der Waals surface area contributed by atoms with E-state index in [0.717, 1.165) is 35.6 Å². The molecule has 3 fully saturated rings. The second-order valence-electron chi connectivity index (χ2n) is 10.5. The highest BCUT2D eigenvalue weighted by atomic mass is 32.2. The third-order valence-corrected chi connectivity index (χ3v) is 9.43. The molecule has 0 spiro atoms. The molecule has 1 amide bonds. The number of benzene rings is 1. The summed E-state index contributed by atoms with van der Waals surface area (Å²) in [5.74, 6) is -0.665. The van der Waals surface area contributed by atoms with E-state index in [0.29, 0.717) is 31.9 Å². The van der Waals surface area contributed by atoms with Gasteiger partial charge < -0.3 is 9.64 Å². The Morgan fingerprint density at radius 1 is 1.20 bits per heavy atom. The predicted molar refractivity (Wildman–Crippen MR) is 129 cm³/mol. The van der Waals surface area contributed by atoms with Gasteiger partial charge in [-0.1, -0.05) is 12.1 Å². The molecule has 196 valence electrons. The minimum absolute atomic E-state index is 0.0242. The summed E-state index contributed by atoms with van der Waals surface area (Å²) in [4.78, 5) is 14.3. The van der Waals surface area contributed by atoms with E-state index in [4.69, 9.17) is 4.74 Å². The Hall–Kier alpha value is -1.62. The van der Waals surface area contributed by atoms with E-state index >= 15 is 0 Å². The number of likely N-dealkylation sites (tertiary alicyclic amines) is 1. The zero-order chi connectivity index (χ0) is 25.2. The fourth-order valence-electron chi connectivity index (χ4n) is 5.40. The van der Waals surface area contributed by atoms with Gasteiger partial charge in [0.2, 0.25) is 0 Å². The van der Waals surface area contributed by atoms with Gasteiger partial charge in [0.1, 0.15) is 5.82 Å². The molecule has 1 aliphatic heterocycles. The SMILES string of the molecule is CN(C)S(=O)(=O)N[C@H]1CCN(C(=O)C2(F)CCC2)C[C@H]1COC1CCC(c2cccc(F)c2)CC1. The van der Waals surface area contributed by atoms with Crippen LogP contribution in [0.5, 0.6) is 0 Å². The van der Waals surface area contributed by atoms with E-state index in [9.17, 15) is 22.0 Å². The maximum Gasteiger partial charge on any atom is 0.279 e. The topological polar surface area (TPSA) is 79.0 Å². The van der Waals surface area contributed by atoms with Gasteiger partial charge in [-0.05, 0) is 75.0 Å². The van der Waals surface area contributed by atoms with E-state index < -0.39 is 27.8 Å². The summed E-state index contributed by atoms with van der Waals surface area (Å²) in [6.45, 7) is 0.878. The summed E-state index contributed by atoms with van der Waals surface area (Å²) < 4.78 is 63.5. The number of rotatable bonds is 8. The van der Waals surface area contributed by atoms with Crippen LogP contribution in [0.3, 0.4) is 0 Å². The average Bonchev–Trinajstić information content (AvgIpc) is 2.81. The molecule has 0 aromatic heterocycles. The summed E-state index contributed by atoms with van der Waals surface area (Å²) >= 11 is 0. The van der Waals surface area contributed by atoms with Gasteiger partial charge in [0.25, 0.3) is 16.1 Å². The van der Waals surface area contributed by atoms with Crippen LogP contribution in [0, 0.1) is 11.7 Å². The van der Waals surface area contributed by atoms with Crippen LogP contribution in [-0.4, -0.2) is 75.1 Å². The highest BCUT2D eigenvalue weighted by molar-refractivity contribution is 7.87. The van der Waals surface area contributed by atoms with Crippen molar-refractivity contribution in [2.24, 2.45) is 5.92 Å². The number of ether oxygens (including phenoxy) is 1. The molecule has 0 bridgehead atoms. The van der Waals surface area contributed by atoms with Crippen LogP contribution < -0.4 is 4.72 Å². The number of nitrogens with one attached hydrogen (secondary N) is 1. The Balaban J connectivity index is 1.36. The molecule has 4 rings (SSSR count). The minimum atomic E-state index is -3.66. The number of nitrogens with zero attached hydrogens (tertiary/aromatic N) is 2. The van der Waals surface area contributed by atoms with Crippen LogP contribution in [-0.2, 0) is 19.7 Å². The third-order valence-electron chi connectivity index (χ3n) is 7.87. The smallest absolute Gasteiger partial charge is 0.279 e. The Morgan fingerprint density at radius 3 is 2.51 bits per heavy atom. The standard InChI is InChI=1S/C25H37F2N3O4S/c1-29(2)35(32,33)28-23-11-14-30(24(31)25(27)12-4-13-25)16-20(23)17-34-22-9-7-18(8-10-22)19-5-3-6-21(26)15-19/h3,5-6,15,18,20,22-23,28H,4,7-14,16-17H2,1-2H3/t18?,20-,22?,23-/m0/s1. The molecule has 1 aromatic carbocycles.